The fourth-order valence-electron chi connectivity index (χ4n) is 1.30. The van der Waals surface area contributed by atoms with Gasteiger partial charge >= 0.3 is 0 Å². The topological polar surface area (TPSA) is 47.0 Å². The number of rotatable bonds is 3. The molecule has 0 aliphatic rings. The number of hydrogen-bond acceptors (Lipinski definition) is 4. The van der Waals surface area contributed by atoms with Crippen molar-refractivity contribution in [3.05, 3.63) is 40.3 Å². The lowest BCUT2D eigenvalue weighted by molar-refractivity contribution is 0.394. The van der Waals surface area contributed by atoms with Gasteiger partial charge in [-0.3, -0.25) is 0 Å². The van der Waals surface area contributed by atoms with Gasteiger partial charge in [0.25, 0.3) is 0 Å². The molecular formula is C11H7BrF3N3O. The molecule has 0 radical (unpaired) electrons. The zero-order valence-electron chi connectivity index (χ0n) is 9.55. The Hall–Kier alpha value is -1.83. The molecule has 0 fully saturated rings. The molecule has 0 unspecified atom stereocenters. The molecule has 1 aromatic carbocycles. The second-order valence-electron chi connectivity index (χ2n) is 3.40. The number of benzene rings is 1. The Morgan fingerprint density at radius 1 is 1.21 bits per heavy atom. The number of nitrogens with zero attached hydrogens (tertiary/aromatic N) is 2. The first-order valence-corrected chi connectivity index (χ1v) is 5.79. The Balaban J connectivity index is 2.34. The van der Waals surface area contributed by atoms with Gasteiger partial charge < -0.3 is 10.1 Å². The molecule has 1 aromatic heterocycles. The Bertz CT molecular complexity index is 624. The fraction of sp³-hybridized carbons (Fsp3) is 0.0909. The highest BCUT2D eigenvalue weighted by atomic mass is 79.9. The van der Waals surface area contributed by atoms with E-state index in [2.05, 4.69) is 31.2 Å². The summed E-state index contributed by atoms with van der Waals surface area (Å²) in [5.74, 6) is -3.96. The lowest BCUT2D eigenvalue weighted by Crippen LogP contribution is -2.03. The minimum absolute atomic E-state index is 0.00930. The lowest BCUT2D eigenvalue weighted by atomic mass is 10.3. The van der Waals surface area contributed by atoms with Crippen molar-refractivity contribution in [2.45, 2.75) is 0 Å². The van der Waals surface area contributed by atoms with Crippen molar-refractivity contribution in [2.24, 2.45) is 0 Å². The SMILES string of the molecule is COc1nc(Nc2ccc(F)c(F)c2F)ncc1Br. The molecule has 0 aliphatic carbocycles. The number of aromatic nitrogens is 2. The Morgan fingerprint density at radius 2 is 1.95 bits per heavy atom. The third-order valence-electron chi connectivity index (χ3n) is 2.19. The number of hydrogen-bond donors (Lipinski definition) is 1. The van der Waals surface area contributed by atoms with E-state index < -0.39 is 17.5 Å². The van der Waals surface area contributed by atoms with Crippen molar-refractivity contribution in [2.75, 3.05) is 12.4 Å². The summed E-state index contributed by atoms with van der Waals surface area (Å²) in [6.07, 6.45) is 1.38. The van der Waals surface area contributed by atoms with Crippen LogP contribution in [0.25, 0.3) is 0 Å². The zero-order chi connectivity index (χ0) is 14.0. The molecule has 2 aromatic rings. The normalized spacial score (nSPS) is 10.4. The van der Waals surface area contributed by atoms with E-state index in [1.165, 1.54) is 13.3 Å². The van der Waals surface area contributed by atoms with Gasteiger partial charge in [-0.05, 0) is 28.1 Å². The van der Waals surface area contributed by atoms with Gasteiger partial charge in [-0.2, -0.15) is 4.98 Å². The quantitative estimate of drug-likeness (QED) is 0.874. The van der Waals surface area contributed by atoms with Crippen LogP contribution >= 0.6 is 15.9 Å². The van der Waals surface area contributed by atoms with Gasteiger partial charge in [-0.15, -0.1) is 0 Å². The number of halogens is 4. The van der Waals surface area contributed by atoms with Crippen LogP contribution in [0.15, 0.2) is 22.8 Å². The van der Waals surface area contributed by atoms with Crippen LogP contribution in [0, 0.1) is 17.5 Å². The molecule has 0 spiro atoms. The minimum Gasteiger partial charge on any atom is -0.480 e. The van der Waals surface area contributed by atoms with E-state index >= 15 is 0 Å². The molecule has 0 atom stereocenters. The molecule has 1 N–H and O–H groups in total. The average molecular weight is 334 g/mol. The van der Waals surface area contributed by atoms with Gasteiger partial charge in [-0.1, -0.05) is 0 Å². The first-order valence-electron chi connectivity index (χ1n) is 5.00. The van der Waals surface area contributed by atoms with E-state index in [1.807, 2.05) is 0 Å². The van der Waals surface area contributed by atoms with Crippen molar-refractivity contribution < 1.29 is 17.9 Å². The van der Waals surface area contributed by atoms with Crippen LogP contribution in [-0.2, 0) is 0 Å². The van der Waals surface area contributed by atoms with Gasteiger partial charge in [0.15, 0.2) is 17.5 Å². The monoisotopic (exact) mass is 333 g/mol. The van der Waals surface area contributed by atoms with Crippen molar-refractivity contribution in [1.29, 1.82) is 0 Å². The van der Waals surface area contributed by atoms with Crippen LogP contribution in [0.4, 0.5) is 24.8 Å². The van der Waals surface area contributed by atoms with Crippen molar-refractivity contribution in [3.63, 3.8) is 0 Å². The van der Waals surface area contributed by atoms with E-state index in [0.717, 1.165) is 12.1 Å². The molecule has 1 heterocycles. The number of ether oxygens (including phenoxy) is 1. The molecule has 0 amide bonds. The van der Waals surface area contributed by atoms with Gasteiger partial charge in [0.1, 0.15) is 0 Å². The molecule has 8 heteroatoms. The number of anilines is 2. The van der Waals surface area contributed by atoms with E-state index in [9.17, 15) is 13.2 Å². The first-order chi connectivity index (χ1) is 9.02. The van der Waals surface area contributed by atoms with Crippen molar-refractivity contribution in [1.82, 2.24) is 9.97 Å². The summed E-state index contributed by atoms with van der Waals surface area (Å²) in [7, 11) is 1.40. The van der Waals surface area contributed by atoms with Gasteiger partial charge in [0.2, 0.25) is 11.8 Å². The van der Waals surface area contributed by atoms with Crippen LogP contribution in [0.2, 0.25) is 0 Å². The summed E-state index contributed by atoms with van der Waals surface area (Å²) in [5.41, 5.74) is -0.275. The van der Waals surface area contributed by atoms with Crippen LogP contribution in [0.5, 0.6) is 5.88 Å². The molecule has 0 aliphatic heterocycles. The Labute approximate surface area is 114 Å². The highest BCUT2D eigenvalue weighted by Gasteiger charge is 2.14. The standard InChI is InChI=1S/C11H7BrF3N3O/c1-19-10-5(12)4-16-11(18-10)17-7-3-2-6(13)8(14)9(7)15/h2-4H,1H3,(H,16,17,18). The summed E-state index contributed by atoms with van der Waals surface area (Å²) < 4.78 is 44.7. The Kier molecular flexibility index (Phi) is 3.89. The fourth-order valence-corrected chi connectivity index (χ4v) is 1.65. The molecule has 4 nitrogen and oxygen atoms in total. The molecule has 0 bridgehead atoms. The van der Waals surface area contributed by atoms with Gasteiger partial charge in [-0.25, -0.2) is 18.2 Å². The number of methoxy groups -OCH3 is 1. The summed E-state index contributed by atoms with van der Waals surface area (Å²) in [6, 6.07) is 1.85. The molecular weight excluding hydrogens is 327 g/mol. The van der Waals surface area contributed by atoms with Crippen LogP contribution in [-0.4, -0.2) is 17.1 Å². The van der Waals surface area contributed by atoms with Gasteiger partial charge in [0, 0.05) is 0 Å². The maximum absolute atomic E-state index is 13.4. The summed E-state index contributed by atoms with van der Waals surface area (Å²) in [6.45, 7) is 0. The number of nitrogens with one attached hydrogen (secondary N) is 1. The van der Waals surface area contributed by atoms with Crippen molar-refractivity contribution in [3.8, 4) is 5.88 Å². The second kappa shape index (κ2) is 5.43. The third kappa shape index (κ3) is 2.78. The van der Waals surface area contributed by atoms with Gasteiger partial charge in [0.05, 0.1) is 23.5 Å². The summed E-state index contributed by atoms with van der Waals surface area (Å²) in [5, 5.41) is 2.44. The van der Waals surface area contributed by atoms with Crippen LogP contribution in [0.3, 0.4) is 0 Å². The average Bonchev–Trinajstić information content (AvgIpc) is 2.41. The van der Waals surface area contributed by atoms with E-state index in [-0.39, 0.29) is 17.5 Å². The molecule has 2 rings (SSSR count). The highest BCUT2D eigenvalue weighted by molar-refractivity contribution is 9.10. The van der Waals surface area contributed by atoms with Crippen molar-refractivity contribution >= 4 is 27.6 Å². The maximum atomic E-state index is 13.4. The van der Waals surface area contributed by atoms with Crippen LogP contribution < -0.4 is 10.1 Å². The Morgan fingerprint density at radius 3 is 2.63 bits per heavy atom. The lowest BCUT2D eigenvalue weighted by Gasteiger charge is -2.08. The summed E-state index contributed by atoms with van der Waals surface area (Å²) in [4.78, 5) is 7.75. The predicted molar refractivity (Wildman–Crippen MR) is 65.9 cm³/mol. The molecule has 0 saturated heterocycles. The largest absolute Gasteiger partial charge is 0.480 e. The summed E-state index contributed by atoms with van der Waals surface area (Å²) >= 11 is 3.15. The van der Waals surface area contributed by atoms with E-state index in [0.29, 0.717) is 4.47 Å². The smallest absolute Gasteiger partial charge is 0.232 e. The third-order valence-corrected chi connectivity index (χ3v) is 2.73. The highest BCUT2D eigenvalue weighted by Crippen LogP contribution is 2.25. The first kappa shape index (κ1) is 13.6. The molecule has 100 valence electrons. The van der Waals surface area contributed by atoms with E-state index in [1.54, 1.807) is 0 Å². The second-order valence-corrected chi connectivity index (χ2v) is 4.25. The molecule has 19 heavy (non-hydrogen) atoms. The molecule has 0 saturated carbocycles. The van der Waals surface area contributed by atoms with Crippen LogP contribution in [0.1, 0.15) is 0 Å². The maximum Gasteiger partial charge on any atom is 0.232 e. The van der Waals surface area contributed by atoms with E-state index in [4.69, 9.17) is 4.74 Å². The predicted octanol–water partition coefficient (Wildman–Crippen LogP) is 3.41. The zero-order valence-corrected chi connectivity index (χ0v) is 11.1. The minimum atomic E-state index is -1.56.